The van der Waals surface area contributed by atoms with Gasteiger partial charge in [0.25, 0.3) is 0 Å². The lowest BCUT2D eigenvalue weighted by atomic mass is 9.81. The van der Waals surface area contributed by atoms with Crippen molar-refractivity contribution in [3.05, 3.63) is 106 Å². The number of phenols is 2. The van der Waals surface area contributed by atoms with Gasteiger partial charge in [0.15, 0.2) is 23.0 Å². The third-order valence-corrected chi connectivity index (χ3v) is 8.32. The largest absolute Gasteiger partial charge is 0.502 e. The lowest BCUT2D eigenvalue weighted by Gasteiger charge is -2.27. The minimum Gasteiger partial charge on any atom is -0.502 e. The van der Waals surface area contributed by atoms with Crippen LogP contribution in [0.15, 0.2) is 72.8 Å². The molecule has 2 amide bonds. The standard InChI is InChI=1S/C38H44N2O8/c1-23-7-11-25(12-8-23)21-39-37(43)29(15-27-17-31(45-3)35(41)32(18-27)46-4)30(38(44)40-22-26-13-9-24(2)10-14-26)16-28-19-33(47-5)36(42)34(20-28)48-6/h7-14,17-20,29-30,41-42H,15-16,21-22H2,1-6H3,(H,39,43)(H,40,44)/t29-,30+. The van der Waals surface area contributed by atoms with E-state index in [-0.39, 0.29) is 72.2 Å². The van der Waals surface area contributed by atoms with Crippen LogP contribution in [0.1, 0.15) is 33.4 Å². The van der Waals surface area contributed by atoms with Crippen LogP contribution in [0, 0.1) is 25.7 Å². The van der Waals surface area contributed by atoms with Crippen LogP contribution < -0.4 is 29.6 Å². The lowest BCUT2D eigenvalue weighted by Crippen LogP contribution is -2.44. The highest BCUT2D eigenvalue weighted by Crippen LogP contribution is 2.40. The molecule has 0 bridgehead atoms. The minimum atomic E-state index is -0.891. The van der Waals surface area contributed by atoms with E-state index in [1.807, 2.05) is 62.4 Å². The number of benzene rings is 4. The molecule has 4 aromatic rings. The second-order valence-corrected chi connectivity index (χ2v) is 11.7. The molecule has 10 nitrogen and oxygen atoms in total. The van der Waals surface area contributed by atoms with Gasteiger partial charge in [-0.3, -0.25) is 9.59 Å². The summed E-state index contributed by atoms with van der Waals surface area (Å²) in [7, 11) is 5.71. The number of hydrogen-bond acceptors (Lipinski definition) is 8. The van der Waals surface area contributed by atoms with Crippen molar-refractivity contribution in [2.75, 3.05) is 28.4 Å². The van der Waals surface area contributed by atoms with Gasteiger partial charge in [0, 0.05) is 13.1 Å². The first-order valence-corrected chi connectivity index (χ1v) is 15.6. The van der Waals surface area contributed by atoms with Gasteiger partial charge < -0.3 is 39.8 Å². The summed E-state index contributed by atoms with van der Waals surface area (Å²) in [5.41, 5.74) is 5.26. The number of rotatable bonds is 15. The molecule has 0 heterocycles. The summed E-state index contributed by atoms with van der Waals surface area (Å²) in [6, 6.07) is 22.2. The van der Waals surface area contributed by atoms with Gasteiger partial charge in [-0.2, -0.15) is 0 Å². The van der Waals surface area contributed by atoms with Gasteiger partial charge in [0.1, 0.15) is 0 Å². The predicted octanol–water partition coefficient (Wildman–Crippen LogP) is 5.40. The summed E-state index contributed by atoms with van der Waals surface area (Å²) in [4.78, 5) is 28.4. The molecule has 0 fully saturated rings. The van der Waals surface area contributed by atoms with Crippen molar-refractivity contribution in [3.8, 4) is 34.5 Å². The van der Waals surface area contributed by atoms with Crippen LogP contribution in [0.3, 0.4) is 0 Å². The highest BCUT2D eigenvalue weighted by atomic mass is 16.5. The Labute approximate surface area is 281 Å². The molecule has 2 atom stereocenters. The zero-order chi connectivity index (χ0) is 34.8. The molecule has 0 aliphatic carbocycles. The highest BCUT2D eigenvalue weighted by Gasteiger charge is 2.35. The lowest BCUT2D eigenvalue weighted by molar-refractivity contribution is -0.135. The molecular weight excluding hydrogens is 612 g/mol. The summed E-state index contributed by atoms with van der Waals surface area (Å²) in [5, 5.41) is 27.2. The van der Waals surface area contributed by atoms with Gasteiger partial charge in [0.2, 0.25) is 23.3 Å². The van der Waals surface area contributed by atoms with Gasteiger partial charge in [-0.1, -0.05) is 59.7 Å². The fourth-order valence-electron chi connectivity index (χ4n) is 5.53. The Kier molecular flexibility index (Phi) is 12.2. The molecule has 0 aliphatic heterocycles. The summed E-state index contributed by atoms with van der Waals surface area (Å²) in [6.07, 6.45) is 0.226. The zero-order valence-corrected chi connectivity index (χ0v) is 28.3. The Morgan fingerprint density at radius 2 is 0.833 bits per heavy atom. The third kappa shape index (κ3) is 8.90. The summed E-state index contributed by atoms with van der Waals surface area (Å²) < 4.78 is 21.5. The zero-order valence-electron chi connectivity index (χ0n) is 28.3. The molecule has 0 aromatic heterocycles. The maximum absolute atomic E-state index is 14.2. The highest BCUT2D eigenvalue weighted by molar-refractivity contribution is 5.88. The maximum Gasteiger partial charge on any atom is 0.224 e. The smallest absolute Gasteiger partial charge is 0.224 e. The van der Waals surface area contributed by atoms with Crippen LogP contribution in [0.25, 0.3) is 0 Å². The predicted molar refractivity (Wildman–Crippen MR) is 183 cm³/mol. The Morgan fingerprint density at radius 1 is 0.542 bits per heavy atom. The van der Waals surface area contributed by atoms with Crippen molar-refractivity contribution in [2.45, 2.75) is 39.8 Å². The van der Waals surface area contributed by atoms with Crippen molar-refractivity contribution < 1.29 is 38.7 Å². The number of ether oxygens (including phenoxy) is 4. The van der Waals surface area contributed by atoms with E-state index in [9.17, 15) is 19.8 Å². The quantitative estimate of drug-likeness (QED) is 0.134. The van der Waals surface area contributed by atoms with Crippen LogP contribution >= 0.6 is 0 Å². The summed E-state index contributed by atoms with van der Waals surface area (Å²) >= 11 is 0. The van der Waals surface area contributed by atoms with E-state index >= 15 is 0 Å². The number of carbonyl (C=O) groups is 2. The molecule has 4 N–H and O–H groups in total. The molecule has 4 rings (SSSR count). The number of carbonyl (C=O) groups excluding carboxylic acids is 2. The summed E-state index contributed by atoms with van der Waals surface area (Å²) in [5.74, 6) is -2.08. The Balaban J connectivity index is 1.77. The molecule has 10 heteroatoms. The van der Waals surface area contributed by atoms with E-state index in [1.165, 1.54) is 28.4 Å². The Bertz CT molecular complexity index is 1530. The van der Waals surface area contributed by atoms with E-state index in [0.29, 0.717) is 11.1 Å². The average Bonchev–Trinajstić information content (AvgIpc) is 3.09. The van der Waals surface area contributed by atoms with E-state index in [4.69, 9.17) is 18.9 Å². The van der Waals surface area contributed by atoms with Crippen molar-refractivity contribution in [3.63, 3.8) is 0 Å². The number of methoxy groups -OCH3 is 4. The van der Waals surface area contributed by atoms with Crippen LogP contribution in [-0.4, -0.2) is 50.5 Å². The van der Waals surface area contributed by atoms with Gasteiger partial charge in [-0.15, -0.1) is 0 Å². The van der Waals surface area contributed by atoms with Crippen molar-refractivity contribution in [1.29, 1.82) is 0 Å². The van der Waals surface area contributed by atoms with Crippen molar-refractivity contribution in [2.24, 2.45) is 11.8 Å². The molecule has 0 unspecified atom stereocenters. The summed E-state index contributed by atoms with van der Waals surface area (Å²) in [6.45, 7) is 4.50. The molecule has 254 valence electrons. The molecule has 0 saturated heterocycles. The Morgan fingerprint density at radius 3 is 1.10 bits per heavy atom. The van der Waals surface area contributed by atoms with Crippen LogP contribution in [0.4, 0.5) is 0 Å². The van der Waals surface area contributed by atoms with Crippen LogP contribution in [-0.2, 0) is 35.5 Å². The van der Waals surface area contributed by atoms with Gasteiger partial charge in [0.05, 0.1) is 40.3 Å². The molecule has 0 radical (unpaired) electrons. The molecule has 48 heavy (non-hydrogen) atoms. The number of phenolic OH excluding ortho intramolecular Hbond substituents is 2. The number of hydrogen-bond donors (Lipinski definition) is 4. The van der Waals surface area contributed by atoms with Gasteiger partial charge in [-0.05, 0) is 73.2 Å². The third-order valence-electron chi connectivity index (χ3n) is 8.32. The van der Waals surface area contributed by atoms with E-state index in [1.54, 1.807) is 24.3 Å². The molecule has 4 aromatic carbocycles. The number of aryl methyl sites for hydroxylation is 2. The minimum absolute atomic E-state index is 0.113. The van der Waals surface area contributed by atoms with Crippen LogP contribution in [0.2, 0.25) is 0 Å². The second kappa shape index (κ2) is 16.4. The number of aromatic hydroxyl groups is 2. The average molecular weight is 657 g/mol. The first-order chi connectivity index (χ1) is 23.1. The number of nitrogens with one attached hydrogen (secondary N) is 2. The van der Waals surface area contributed by atoms with E-state index in [0.717, 1.165) is 22.3 Å². The first kappa shape index (κ1) is 35.5. The van der Waals surface area contributed by atoms with Crippen molar-refractivity contribution >= 4 is 11.8 Å². The molecule has 0 saturated carbocycles. The fourth-order valence-corrected chi connectivity index (χ4v) is 5.53. The van der Waals surface area contributed by atoms with Crippen LogP contribution in [0.5, 0.6) is 34.5 Å². The SMILES string of the molecule is COc1cc(C[C@H](C(=O)NCc2ccc(C)cc2)[C@@H](Cc2cc(OC)c(O)c(OC)c2)C(=O)NCc2ccc(C)cc2)cc(OC)c1O. The monoisotopic (exact) mass is 656 g/mol. The van der Waals surface area contributed by atoms with E-state index < -0.39 is 11.8 Å². The molecule has 0 spiro atoms. The fraction of sp³-hybridized carbons (Fsp3) is 0.316. The topological polar surface area (TPSA) is 136 Å². The second-order valence-electron chi connectivity index (χ2n) is 11.7. The van der Waals surface area contributed by atoms with Gasteiger partial charge in [-0.25, -0.2) is 0 Å². The first-order valence-electron chi connectivity index (χ1n) is 15.6. The molecular formula is C38H44N2O8. The Hall–Kier alpha value is -5.38. The molecule has 0 aliphatic rings. The van der Waals surface area contributed by atoms with Crippen molar-refractivity contribution in [1.82, 2.24) is 10.6 Å². The van der Waals surface area contributed by atoms with Gasteiger partial charge >= 0.3 is 0 Å². The maximum atomic E-state index is 14.2. The van der Waals surface area contributed by atoms with E-state index in [2.05, 4.69) is 10.6 Å². The normalized spacial score (nSPS) is 12.0. The number of amides is 2.